The third-order valence-electron chi connectivity index (χ3n) is 5.78. The molecule has 0 unspecified atom stereocenters. The number of nitrogens with zero attached hydrogens (tertiary/aromatic N) is 1. The van der Waals surface area contributed by atoms with E-state index in [1.54, 1.807) is 24.4 Å². The number of rotatable bonds is 3. The van der Waals surface area contributed by atoms with Gasteiger partial charge in [-0.1, -0.05) is 29.5 Å². The molecule has 1 aromatic heterocycles. The monoisotopic (exact) mass is 460 g/mol. The van der Waals surface area contributed by atoms with E-state index in [2.05, 4.69) is 27.5 Å². The van der Waals surface area contributed by atoms with Crippen LogP contribution in [0.15, 0.2) is 48.7 Å². The van der Waals surface area contributed by atoms with Gasteiger partial charge < -0.3 is 22.1 Å². The summed E-state index contributed by atoms with van der Waals surface area (Å²) in [6.45, 7) is 0. The molecule has 0 atom stereocenters. The standard InChI is InChI=1S/C25H25ClN6O/c26-18-7-6-17-14-30-23(27)21(22(17)13-18)12-3-15-1-4-16(5-2-15)24(33)31-19-8-10-20(11-9-19)32-25(28)29/h1-2,4-7,13-14,19-20H,8-11H2,(H2,27,30)(H,31,33)(H4,28,29,32). The third-order valence-corrected chi connectivity index (χ3v) is 6.02. The summed E-state index contributed by atoms with van der Waals surface area (Å²) < 4.78 is 0. The van der Waals surface area contributed by atoms with Crippen molar-refractivity contribution in [2.24, 2.45) is 5.73 Å². The minimum absolute atomic E-state index is 0.00567. The van der Waals surface area contributed by atoms with Crippen molar-refractivity contribution in [3.05, 3.63) is 70.4 Å². The van der Waals surface area contributed by atoms with Gasteiger partial charge in [0.25, 0.3) is 5.91 Å². The highest BCUT2D eigenvalue weighted by Crippen LogP contribution is 2.25. The first-order chi connectivity index (χ1) is 15.9. The van der Waals surface area contributed by atoms with E-state index in [0.717, 1.165) is 42.0 Å². The number of benzene rings is 2. The molecule has 1 aliphatic carbocycles. The van der Waals surface area contributed by atoms with Crippen molar-refractivity contribution in [2.45, 2.75) is 37.8 Å². The Bertz CT molecular complexity index is 1250. The van der Waals surface area contributed by atoms with Crippen LogP contribution in [0.1, 0.15) is 47.2 Å². The minimum Gasteiger partial charge on any atom is -0.383 e. The zero-order chi connectivity index (χ0) is 23.4. The number of nitrogens with one attached hydrogen (secondary N) is 3. The first kappa shape index (κ1) is 22.4. The van der Waals surface area contributed by atoms with E-state index in [1.165, 1.54) is 0 Å². The number of guanidine groups is 1. The van der Waals surface area contributed by atoms with Crippen molar-refractivity contribution >= 4 is 40.1 Å². The second kappa shape index (κ2) is 9.80. The quantitative estimate of drug-likeness (QED) is 0.232. The lowest BCUT2D eigenvalue weighted by molar-refractivity contribution is 0.0925. The van der Waals surface area contributed by atoms with Crippen molar-refractivity contribution in [3.63, 3.8) is 0 Å². The Morgan fingerprint density at radius 2 is 1.70 bits per heavy atom. The Morgan fingerprint density at radius 1 is 1.03 bits per heavy atom. The third kappa shape index (κ3) is 5.54. The van der Waals surface area contributed by atoms with E-state index in [1.807, 2.05) is 24.3 Å². The Balaban J connectivity index is 1.42. The molecule has 33 heavy (non-hydrogen) atoms. The predicted molar refractivity (Wildman–Crippen MR) is 132 cm³/mol. The number of amides is 1. The summed E-state index contributed by atoms with van der Waals surface area (Å²) in [6.07, 6.45) is 5.15. The van der Waals surface area contributed by atoms with Crippen LogP contribution in [0.5, 0.6) is 0 Å². The zero-order valence-corrected chi connectivity index (χ0v) is 18.7. The van der Waals surface area contributed by atoms with E-state index in [9.17, 15) is 4.79 Å². The number of nitrogen functional groups attached to an aromatic ring is 1. The van der Waals surface area contributed by atoms with Crippen molar-refractivity contribution in [2.75, 3.05) is 5.73 Å². The Hall–Kier alpha value is -3.76. The van der Waals surface area contributed by atoms with E-state index in [0.29, 0.717) is 22.0 Å². The maximum atomic E-state index is 12.6. The number of hydrogen-bond donors (Lipinski definition) is 5. The molecular formula is C25H25ClN6O. The topological polar surface area (TPSA) is 130 Å². The largest absolute Gasteiger partial charge is 0.383 e. The smallest absolute Gasteiger partial charge is 0.251 e. The lowest BCUT2D eigenvalue weighted by Crippen LogP contribution is -2.45. The molecule has 1 aliphatic rings. The summed E-state index contributed by atoms with van der Waals surface area (Å²) in [5.74, 6) is 6.45. The number of carbonyl (C=O) groups excluding carboxylic acids is 1. The summed E-state index contributed by atoms with van der Waals surface area (Å²) >= 11 is 6.14. The van der Waals surface area contributed by atoms with Gasteiger partial charge in [0.1, 0.15) is 5.82 Å². The Labute approximate surface area is 197 Å². The molecule has 168 valence electrons. The van der Waals surface area contributed by atoms with Crippen LogP contribution in [0.25, 0.3) is 10.8 Å². The van der Waals surface area contributed by atoms with Gasteiger partial charge in [0.2, 0.25) is 0 Å². The lowest BCUT2D eigenvalue weighted by atomic mass is 9.91. The molecule has 1 fully saturated rings. The second-order valence-electron chi connectivity index (χ2n) is 8.16. The molecule has 0 bridgehead atoms. The van der Waals surface area contributed by atoms with Gasteiger partial charge in [0, 0.05) is 45.2 Å². The molecule has 8 heteroatoms. The van der Waals surface area contributed by atoms with Crippen molar-refractivity contribution in [1.82, 2.24) is 15.6 Å². The number of carbonyl (C=O) groups is 1. The summed E-state index contributed by atoms with van der Waals surface area (Å²) in [6, 6.07) is 13.0. The molecule has 3 aromatic rings. The van der Waals surface area contributed by atoms with Crippen LogP contribution in [-0.2, 0) is 0 Å². The summed E-state index contributed by atoms with van der Waals surface area (Å²) in [7, 11) is 0. The van der Waals surface area contributed by atoms with Crippen molar-refractivity contribution < 1.29 is 4.79 Å². The van der Waals surface area contributed by atoms with Gasteiger partial charge in [0.05, 0.1) is 5.56 Å². The van der Waals surface area contributed by atoms with Crippen LogP contribution >= 0.6 is 11.6 Å². The number of fused-ring (bicyclic) bond motifs is 1. The highest BCUT2D eigenvalue weighted by molar-refractivity contribution is 6.31. The highest BCUT2D eigenvalue weighted by Gasteiger charge is 2.22. The molecule has 4 rings (SSSR count). The summed E-state index contributed by atoms with van der Waals surface area (Å²) in [4.78, 5) is 16.9. The average Bonchev–Trinajstić information content (AvgIpc) is 2.79. The molecule has 0 radical (unpaired) electrons. The van der Waals surface area contributed by atoms with Gasteiger partial charge in [-0.3, -0.25) is 10.2 Å². The SMILES string of the molecule is N=C(N)NC1CCC(NC(=O)c2ccc(C#Cc3c(N)ncc4ccc(Cl)cc34)cc2)CC1. The van der Waals surface area contributed by atoms with Gasteiger partial charge in [0.15, 0.2) is 5.96 Å². The van der Waals surface area contributed by atoms with Crippen molar-refractivity contribution in [3.8, 4) is 11.8 Å². The van der Waals surface area contributed by atoms with E-state index < -0.39 is 0 Å². The number of halogens is 1. The van der Waals surface area contributed by atoms with Crippen LogP contribution in [0, 0.1) is 17.3 Å². The molecule has 1 amide bonds. The number of pyridine rings is 1. The van der Waals surface area contributed by atoms with Gasteiger partial charge in [-0.15, -0.1) is 0 Å². The highest BCUT2D eigenvalue weighted by atomic mass is 35.5. The van der Waals surface area contributed by atoms with Crippen LogP contribution in [-0.4, -0.2) is 28.9 Å². The zero-order valence-electron chi connectivity index (χ0n) is 18.0. The average molecular weight is 461 g/mol. The fraction of sp³-hybridized carbons (Fsp3) is 0.240. The van der Waals surface area contributed by atoms with Crippen molar-refractivity contribution in [1.29, 1.82) is 5.41 Å². The number of hydrogen-bond acceptors (Lipinski definition) is 4. The molecule has 0 saturated heterocycles. The molecule has 2 aromatic carbocycles. The van der Waals surface area contributed by atoms with Gasteiger partial charge in [-0.2, -0.15) is 0 Å². The van der Waals surface area contributed by atoms with E-state index in [-0.39, 0.29) is 24.0 Å². The first-order valence-corrected chi connectivity index (χ1v) is 11.1. The van der Waals surface area contributed by atoms with Gasteiger partial charge >= 0.3 is 0 Å². The van der Waals surface area contributed by atoms with Crippen LogP contribution < -0.4 is 22.1 Å². The van der Waals surface area contributed by atoms with Crippen LogP contribution in [0.3, 0.4) is 0 Å². The van der Waals surface area contributed by atoms with Crippen LogP contribution in [0.2, 0.25) is 5.02 Å². The first-order valence-electron chi connectivity index (χ1n) is 10.8. The van der Waals surface area contributed by atoms with Gasteiger partial charge in [-0.25, -0.2) is 4.98 Å². The van der Waals surface area contributed by atoms with E-state index in [4.69, 9.17) is 28.5 Å². The molecule has 1 heterocycles. The Morgan fingerprint density at radius 3 is 2.36 bits per heavy atom. The minimum atomic E-state index is -0.102. The predicted octanol–water partition coefficient (Wildman–Crippen LogP) is 3.39. The number of nitrogens with two attached hydrogens (primary N) is 2. The Kier molecular flexibility index (Phi) is 6.66. The maximum Gasteiger partial charge on any atom is 0.251 e. The number of anilines is 1. The molecule has 0 spiro atoms. The second-order valence-corrected chi connectivity index (χ2v) is 8.59. The normalized spacial score (nSPS) is 17.6. The summed E-state index contributed by atoms with van der Waals surface area (Å²) in [5.41, 5.74) is 13.4. The molecule has 1 saturated carbocycles. The fourth-order valence-electron chi connectivity index (χ4n) is 4.04. The van der Waals surface area contributed by atoms with Crippen LogP contribution in [0.4, 0.5) is 5.82 Å². The van der Waals surface area contributed by atoms with E-state index >= 15 is 0 Å². The summed E-state index contributed by atoms with van der Waals surface area (Å²) in [5, 5.41) is 15.7. The molecule has 0 aliphatic heterocycles. The van der Waals surface area contributed by atoms with Gasteiger partial charge in [-0.05, 0) is 62.1 Å². The number of aromatic nitrogens is 1. The molecule has 7 nitrogen and oxygen atoms in total. The molecular weight excluding hydrogens is 436 g/mol. The molecule has 7 N–H and O–H groups in total. The fourth-order valence-corrected chi connectivity index (χ4v) is 4.21. The maximum absolute atomic E-state index is 12.6. The lowest BCUT2D eigenvalue weighted by Gasteiger charge is -2.29.